The highest BCUT2D eigenvalue weighted by atomic mass is 19.1. The lowest BCUT2D eigenvalue weighted by atomic mass is 9.89. The summed E-state index contributed by atoms with van der Waals surface area (Å²) < 4.78 is 13.4. The largest absolute Gasteiger partial charge is 0.326 e. The minimum absolute atomic E-state index is 0.0180. The Morgan fingerprint density at radius 3 is 2.56 bits per heavy atom. The van der Waals surface area contributed by atoms with Crippen molar-refractivity contribution in [3.05, 3.63) is 53.8 Å². The van der Waals surface area contributed by atoms with Gasteiger partial charge < -0.3 is 16.0 Å². The van der Waals surface area contributed by atoms with E-state index in [0.717, 1.165) is 0 Å². The molecule has 2 aromatic carbocycles. The average molecular weight is 341 g/mol. The second-order valence-corrected chi connectivity index (χ2v) is 5.79. The number of benzene rings is 2. The van der Waals surface area contributed by atoms with Crippen LogP contribution in [0.3, 0.4) is 0 Å². The van der Waals surface area contributed by atoms with Crippen LogP contribution in [0.15, 0.2) is 42.5 Å². The minimum Gasteiger partial charge on any atom is -0.326 e. The first kappa shape index (κ1) is 16.6. The van der Waals surface area contributed by atoms with E-state index in [1.165, 1.54) is 25.1 Å². The summed E-state index contributed by atoms with van der Waals surface area (Å²) in [7, 11) is 0. The zero-order valence-electron chi connectivity index (χ0n) is 13.4. The number of carbonyl (C=O) groups excluding carboxylic acids is 3. The molecular weight excluding hydrogens is 325 g/mol. The van der Waals surface area contributed by atoms with E-state index in [0.29, 0.717) is 22.6 Å². The maximum Gasteiger partial charge on any atom is 0.232 e. The van der Waals surface area contributed by atoms with Crippen molar-refractivity contribution in [2.24, 2.45) is 0 Å². The molecule has 7 heteroatoms. The van der Waals surface area contributed by atoms with Crippen LogP contribution in [0.2, 0.25) is 0 Å². The van der Waals surface area contributed by atoms with Crippen LogP contribution in [0.25, 0.3) is 0 Å². The van der Waals surface area contributed by atoms with Crippen molar-refractivity contribution in [1.82, 2.24) is 0 Å². The minimum atomic E-state index is -0.714. The molecule has 0 spiro atoms. The zero-order chi connectivity index (χ0) is 18.0. The molecule has 0 fully saturated rings. The van der Waals surface area contributed by atoms with Gasteiger partial charge in [-0.2, -0.15) is 0 Å². The highest BCUT2D eigenvalue weighted by Gasteiger charge is 2.31. The van der Waals surface area contributed by atoms with Gasteiger partial charge in [0.2, 0.25) is 17.7 Å². The van der Waals surface area contributed by atoms with Gasteiger partial charge in [-0.05, 0) is 35.9 Å². The number of hydrogen-bond donors (Lipinski definition) is 3. The number of rotatable bonds is 3. The number of carbonyl (C=O) groups is 3. The molecule has 2 aromatic rings. The van der Waals surface area contributed by atoms with E-state index in [4.69, 9.17) is 0 Å². The van der Waals surface area contributed by atoms with Gasteiger partial charge in [0.1, 0.15) is 5.82 Å². The smallest absolute Gasteiger partial charge is 0.232 e. The predicted octanol–water partition coefficient (Wildman–Crippen LogP) is 2.85. The monoisotopic (exact) mass is 341 g/mol. The number of fused-ring (bicyclic) bond motifs is 1. The number of amides is 3. The normalized spacial score (nSPS) is 15.8. The van der Waals surface area contributed by atoms with Crippen LogP contribution in [-0.2, 0) is 14.4 Å². The molecule has 3 N–H and O–H groups in total. The topological polar surface area (TPSA) is 87.3 Å². The molecule has 6 nitrogen and oxygen atoms in total. The Bertz CT molecular complexity index is 866. The first-order valence-corrected chi connectivity index (χ1v) is 7.70. The highest BCUT2D eigenvalue weighted by Crippen LogP contribution is 2.33. The van der Waals surface area contributed by atoms with Crippen LogP contribution < -0.4 is 16.0 Å². The molecule has 25 heavy (non-hydrogen) atoms. The van der Waals surface area contributed by atoms with E-state index < -0.39 is 11.7 Å². The zero-order valence-corrected chi connectivity index (χ0v) is 13.4. The van der Waals surface area contributed by atoms with Crippen LogP contribution in [0, 0.1) is 5.82 Å². The van der Waals surface area contributed by atoms with Crippen LogP contribution >= 0.6 is 0 Å². The van der Waals surface area contributed by atoms with Crippen molar-refractivity contribution < 1.29 is 18.8 Å². The van der Waals surface area contributed by atoms with E-state index in [9.17, 15) is 18.8 Å². The van der Waals surface area contributed by atoms with E-state index in [2.05, 4.69) is 16.0 Å². The summed E-state index contributed by atoms with van der Waals surface area (Å²) >= 11 is 0. The van der Waals surface area contributed by atoms with Crippen molar-refractivity contribution in [2.45, 2.75) is 19.3 Å². The number of nitrogens with one attached hydrogen (secondary N) is 3. The first-order chi connectivity index (χ1) is 11.9. The third-order valence-electron chi connectivity index (χ3n) is 3.82. The fourth-order valence-electron chi connectivity index (χ4n) is 2.78. The van der Waals surface area contributed by atoms with E-state index in [-0.39, 0.29) is 24.1 Å². The Balaban J connectivity index is 1.82. The van der Waals surface area contributed by atoms with E-state index >= 15 is 0 Å². The first-order valence-electron chi connectivity index (χ1n) is 7.70. The van der Waals surface area contributed by atoms with Crippen molar-refractivity contribution >= 4 is 34.8 Å². The van der Waals surface area contributed by atoms with Gasteiger partial charge >= 0.3 is 0 Å². The standard InChI is InChI=1S/C18H16FN3O3/c1-10(23)20-12-3-2-4-13(8-12)21-18(25)15-9-17(24)22-16-7-11(19)5-6-14(15)16/h2-8,15H,9H2,1H3,(H,20,23)(H,21,25)(H,22,24)/t15-/m1/s1. The summed E-state index contributed by atoms with van der Waals surface area (Å²) in [4.78, 5) is 35.6. The Kier molecular flexibility index (Phi) is 4.47. The molecule has 0 saturated heterocycles. The quantitative estimate of drug-likeness (QED) is 0.802. The van der Waals surface area contributed by atoms with Crippen molar-refractivity contribution in [3.8, 4) is 0 Å². The molecule has 0 saturated carbocycles. The van der Waals surface area contributed by atoms with Gasteiger partial charge in [0.15, 0.2) is 0 Å². The summed E-state index contributed by atoms with van der Waals surface area (Å²) in [5.74, 6) is -2.13. The summed E-state index contributed by atoms with van der Waals surface area (Å²) in [6.45, 7) is 1.39. The van der Waals surface area contributed by atoms with Gasteiger partial charge in [-0.1, -0.05) is 12.1 Å². The van der Waals surface area contributed by atoms with E-state index in [1.54, 1.807) is 24.3 Å². The molecule has 3 rings (SSSR count). The second-order valence-electron chi connectivity index (χ2n) is 5.79. The maximum atomic E-state index is 13.4. The van der Waals surface area contributed by atoms with Crippen molar-refractivity contribution in [3.63, 3.8) is 0 Å². The number of anilines is 3. The molecule has 3 amide bonds. The Labute approximate surface area is 143 Å². The van der Waals surface area contributed by atoms with Crippen LogP contribution in [-0.4, -0.2) is 17.7 Å². The number of hydrogen-bond acceptors (Lipinski definition) is 3. The van der Waals surface area contributed by atoms with Gasteiger partial charge in [-0.3, -0.25) is 14.4 Å². The fourth-order valence-corrected chi connectivity index (χ4v) is 2.78. The summed E-state index contributed by atoms with van der Waals surface area (Å²) in [6.07, 6.45) is -0.0180. The molecule has 0 aromatic heterocycles. The Morgan fingerprint density at radius 1 is 1.12 bits per heavy atom. The second kappa shape index (κ2) is 6.72. The molecule has 0 radical (unpaired) electrons. The van der Waals surface area contributed by atoms with Crippen molar-refractivity contribution in [1.29, 1.82) is 0 Å². The third-order valence-corrected chi connectivity index (χ3v) is 3.82. The summed E-state index contributed by atoms with van der Waals surface area (Å²) in [5.41, 5.74) is 1.92. The van der Waals surface area contributed by atoms with Crippen LogP contribution in [0.1, 0.15) is 24.8 Å². The molecule has 0 bridgehead atoms. The summed E-state index contributed by atoms with van der Waals surface area (Å²) in [5, 5.41) is 7.94. The molecule has 0 aliphatic carbocycles. The number of halogens is 1. The molecule has 1 aliphatic heterocycles. The summed E-state index contributed by atoms with van der Waals surface area (Å²) in [6, 6.07) is 10.6. The Morgan fingerprint density at radius 2 is 1.84 bits per heavy atom. The predicted molar refractivity (Wildman–Crippen MR) is 91.8 cm³/mol. The molecule has 128 valence electrons. The van der Waals surface area contributed by atoms with Crippen molar-refractivity contribution in [2.75, 3.05) is 16.0 Å². The lowest BCUT2D eigenvalue weighted by Gasteiger charge is -2.25. The van der Waals surface area contributed by atoms with Crippen LogP contribution in [0.4, 0.5) is 21.5 Å². The molecular formula is C18H16FN3O3. The Hall–Kier alpha value is -3.22. The third kappa shape index (κ3) is 3.82. The maximum absolute atomic E-state index is 13.4. The molecule has 0 unspecified atom stereocenters. The lowest BCUT2D eigenvalue weighted by Crippen LogP contribution is -2.30. The fraction of sp³-hybridized carbons (Fsp3) is 0.167. The van der Waals surface area contributed by atoms with Gasteiger partial charge in [-0.25, -0.2) is 4.39 Å². The SMILES string of the molecule is CC(=O)Nc1cccc(NC(=O)[C@@H]2CC(=O)Nc3cc(F)ccc32)c1. The van der Waals surface area contributed by atoms with Gasteiger partial charge in [-0.15, -0.1) is 0 Å². The molecule has 1 atom stereocenters. The average Bonchev–Trinajstić information content (AvgIpc) is 2.53. The van der Waals surface area contributed by atoms with Gasteiger partial charge in [0.25, 0.3) is 0 Å². The van der Waals surface area contributed by atoms with Gasteiger partial charge in [0.05, 0.1) is 5.92 Å². The van der Waals surface area contributed by atoms with Gasteiger partial charge in [0, 0.05) is 30.4 Å². The molecule has 1 heterocycles. The molecule has 1 aliphatic rings. The highest BCUT2D eigenvalue weighted by molar-refractivity contribution is 6.05. The van der Waals surface area contributed by atoms with Crippen LogP contribution in [0.5, 0.6) is 0 Å². The van der Waals surface area contributed by atoms with E-state index in [1.807, 2.05) is 0 Å². The lowest BCUT2D eigenvalue weighted by molar-refractivity contribution is -0.123.